The first-order chi connectivity index (χ1) is 9.85. The summed E-state index contributed by atoms with van der Waals surface area (Å²) in [7, 11) is 0. The van der Waals surface area contributed by atoms with Crippen molar-refractivity contribution >= 4 is 17.4 Å². The Hall–Kier alpha value is -1.89. The lowest BCUT2D eigenvalue weighted by Gasteiger charge is -2.22. The van der Waals surface area contributed by atoms with E-state index in [1.54, 1.807) is 29.4 Å². The van der Waals surface area contributed by atoms with Gasteiger partial charge in [-0.05, 0) is 27.7 Å². The summed E-state index contributed by atoms with van der Waals surface area (Å²) in [4.78, 5) is 20.2. The van der Waals surface area contributed by atoms with Crippen LogP contribution in [0.5, 0.6) is 0 Å². The molecule has 0 saturated carbocycles. The minimum atomic E-state index is -0.509. The molecule has 0 aromatic carbocycles. The molecule has 0 bridgehead atoms. The molecule has 2 rings (SSSR count). The van der Waals surface area contributed by atoms with Gasteiger partial charge in [-0.1, -0.05) is 0 Å². The summed E-state index contributed by atoms with van der Waals surface area (Å²) in [6, 6.07) is -0.194. The van der Waals surface area contributed by atoms with Gasteiger partial charge in [-0.25, -0.2) is 14.8 Å². The molecule has 6 nitrogen and oxygen atoms in total. The number of hydrogen-bond acceptors (Lipinski definition) is 5. The maximum absolute atomic E-state index is 11.8. The molecule has 0 spiro atoms. The number of hydrogen-bond donors (Lipinski definition) is 1. The van der Waals surface area contributed by atoms with Crippen LogP contribution in [0.3, 0.4) is 0 Å². The highest BCUT2D eigenvalue weighted by atomic mass is 32.1. The van der Waals surface area contributed by atoms with E-state index >= 15 is 0 Å². The lowest BCUT2D eigenvalue weighted by Crippen LogP contribution is -2.34. The highest BCUT2D eigenvalue weighted by molar-refractivity contribution is 7.07. The van der Waals surface area contributed by atoms with E-state index in [1.165, 1.54) is 0 Å². The van der Waals surface area contributed by atoms with Crippen molar-refractivity contribution < 1.29 is 9.53 Å². The van der Waals surface area contributed by atoms with Gasteiger partial charge in [-0.3, -0.25) is 0 Å². The predicted molar refractivity (Wildman–Crippen MR) is 81.2 cm³/mol. The van der Waals surface area contributed by atoms with E-state index in [1.807, 2.05) is 37.6 Å². The molecule has 2 aromatic heterocycles. The van der Waals surface area contributed by atoms with Crippen LogP contribution in [-0.2, 0) is 11.3 Å². The molecule has 114 valence electrons. The molecule has 21 heavy (non-hydrogen) atoms. The number of nitrogens with zero attached hydrogens (tertiary/aromatic N) is 3. The first kappa shape index (κ1) is 15.5. The number of aromatic nitrogens is 3. The van der Waals surface area contributed by atoms with Crippen LogP contribution >= 0.6 is 11.3 Å². The number of ether oxygens (including phenoxy) is 1. The van der Waals surface area contributed by atoms with Crippen LogP contribution in [0.1, 0.15) is 45.1 Å². The van der Waals surface area contributed by atoms with E-state index in [2.05, 4.69) is 15.3 Å². The largest absolute Gasteiger partial charge is 0.444 e. The zero-order chi connectivity index (χ0) is 15.5. The van der Waals surface area contributed by atoms with Gasteiger partial charge in [-0.15, -0.1) is 11.3 Å². The molecule has 0 aliphatic carbocycles. The SMILES string of the molecule is C[C@H](NC(=O)OC(C)(C)C)c1cncn1Cc1cscn1. The number of nitrogens with one attached hydrogen (secondary N) is 1. The Bertz CT molecular complexity index is 586. The van der Waals surface area contributed by atoms with E-state index in [0.29, 0.717) is 6.54 Å². The number of rotatable bonds is 4. The van der Waals surface area contributed by atoms with Crippen LogP contribution < -0.4 is 5.32 Å². The van der Waals surface area contributed by atoms with Crippen LogP contribution in [0.4, 0.5) is 4.79 Å². The standard InChI is InChI=1S/C14H20N4O2S/c1-10(17-13(19)20-14(2,3)4)12-5-15-8-18(12)6-11-7-21-9-16-11/h5,7-10H,6H2,1-4H3,(H,17,19)/t10-/m0/s1. The Kier molecular flexibility index (Phi) is 4.62. The minimum absolute atomic E-state index is 0.194. The predicted octanol–water partition coefficient (Wildman–Crippen LogP) is 2.97. The van der Waals surface area contributed by atoms with Crippen molar-refractivity contribution in [2.75, 3.05) is 0 Å². The van der Waals surface area contributed by atoms with Crippen LogP contribution in [0.25, 0.3) is 0 Å². The normalized spacial score (nSPS) is 13.0. The van der Waals surface area contributed by atoms with Crippen molar-refractivity contribution in [3.8, 4) is 0 Å². The molecule has 0 unspecified atom stereocenters. The van der Waals surface area contributed by atoms with Crippen molar-refractivity contribution in [2.45, 2.75) is 45.9 Å². The first-order valence-electron chi connectivity index (χ1n) is 6.72. The Balaban J connectivity index is 2.01. The molecule has 0 fully saturated rings. The van der Waals surface area contributed by atoms with Gasteiger partial charge in [0, 0.05) is 5.38 Å². The fourth-order valence-corrected chi connectivity index (χ4v) is 2.42. The van der Waals surface area contributed by atoms with Gasteiger partial charge >= 0.3 is 6.09 Å². The third kappa shape index (κ3) is 4.56. The zero-order valence-corrected chi connectivity index (χ0v) is 13.5. The second-order valence-electron chi connectivity index (χ2n) is 5.79. The van der Waals surface area contributed by atoms with Crippen LogP contribution in [-0.4, -0.2) is 26.2 Å². The quantitative estimate of drug-likeness (QED) is 0.942. The smallest absolute Gasteiger partial charge is 0.408 e. The van der Waals surface area contributed by atoms with Crippen molar-refractivity contribution in [1.82, 2.24) is 19.9 Å². The first-order valence-corrected chi connectivity index (χ1v) is 7.66. The average molecular weight is 308 g/mol. The van der Waals surface area contributed by atoms with Gasteiger partial charge in [-0.2, -0.15) is 0 Å². The van der Waals surface area contributed by atoms with Crippen LogP contribution in [0, 0.1) is 0 Å². The lowest BCUT2D eigenvalue weighted by atomic mass is 10.2. The molecule has 0 saturated heterocycles. The number of alkyl carbamates (subject to hydrolysis) is 1. The van der Waals surface area contributed by atoms with Gasteiger partial charge in [0.2, 0.25) is 0 Å². The molecule has 1 N–H and O–H groups in total. The van der Waals surface area contributed by atoms with Crippen molar-refractivity contribution in [3.63, 3.8) is 0 Å². The molecule has 0 aliphatic heterocycles. The van der Waals surface area contributed by atoms with Crippen LogP contribution in [0.15, 0.2) is 23.4 Å². The van der Waals surface area contributed by atoms with Gasteiger partial charge < -0.3 is 14.6 Å². The van der Waals surface area contributed by atoms with Crippen molar-refractivity contribution in [1.29, 1.82) is 0 Å². The summed E-state index contributed by atoms with van der Waals surface area (Å²) in [5.74, 6) is 0. The molecule has 1 amide bonds. The fraction of sp³-hybridized carbons (Fsp3) is 0.500. The van der Waals surface area contributed by atoms with Gasteiger partial charge in [0.15, 0.2) is 0 Å². The molecule has 2 heterocycles. The highest BCUT2D eigenvalue weighted by Gasteiger charge is 2.20. The summed E-state index contributed by atoms with van der Waals surface area (Å²) < 4.78 is 7.23. The molecule has 7 heteroatoms. The van der Waals surface area contributed by atoms with Gasteiger partial charge in [0.25, 0.3) is 0 Å². The van der Waals surface area contributed by atoms with E-state index in [-0.39, 0.29) is 6.04 Å². The van der Waals surface area contributed by atoms with Gasteiger partial charge in [0.1, 0.15) is 5.60 Å². The molecule has 1 atom stereocenters. The van der Waals surface area contributed by atoms with Crippen molar-refractivity contribution in [3.05, 3.63) is 34.8 Å². The highest BCUT2D eigenvalue weighted by Crippen LogP contribution is 2.15. The number of carbonyl (C=O) groups excluding carboxylic acids is 1. The summed E-state index contributed by atoms with van der Waals surface area (Å²) in [5.41, 5.74) is 3.18. The minimum Gasteiger partial charge on any atom is -0.444 e. The third-order valence-corrected chi connectivity index (χ3v) is 3.37. The second-order valence-corrected chi connectivity index (χ2v) is 6.51. The van der Waals surface area contributed by atoms with Crippen molar-refractivity contribution in [2.24, 2.45) is 0 Å². The number of amides is 1. The van der Waals surface area contributed by atoms with Crippen LogP contribution in [0.2, 0.25) is 0 Å². The topological polar surface area (TPSA) is 69.0 Å². The average Bonchev–Trinajstić information content (AvgIpc) is 2.97. The summed E-state index contributed by atoms with van der Waals surface area (Å²) in [6.07, 6.45) is 3.05. The molecule has 0 aliphatic rings. The summed E-state index contributed by atoms with van der Waals surface area (Å²) in [6.45, 7) is 8.05. The fourth-order valence-electron chi connectivity index (χ4n) is 1.87. The van der Waals surface area contributed by atoms with Gasteiger partial charge in [0.05, 0.1) is 42.0 Å². The maximum atomic E-state index is 11.8. The van der Waals surface area contributed by atoms with E-state index in [4.69, 9.17) is 4.74 Å². The van der Waals surface area contributed by atoms with E-state index in [0.717, 1.165) is 11.4 Å². The number of thiazole rings is 1. The Labute approximate surface area is 128 Å². The molecular formula is C14H20N4O2S. The third-order valence-electron chi connectivity index (χ3n) is 2.74. The maximum Gasteiger partial charge on any atom is 0.408 e. The number of carbonyl (C=O) groups is 1. The Morgan fingerprint density at radius 3 is 2.90 bits per heavy atom. The van der Waals surface area contributed by atoms with E-state index in [9.17, 15) is 4.79 Å². The molecule has 2 aromatic rings. The number of imidazole rings is 1. The monoisotopic (exact) mass is 308 g/mol. The molecular weight excluding hydrogens is 288 g/mol. The lowest BCUT2D eigenvalue weighted by molar-refractivity contribution is 0.0506. The van der Waals surface area contributed by atoms with E-state index < -0.39 is 11.7 Å². The molecule has 0 radical (unpaired) electrons. The second kappa shape index (κ2) is 6.26. The Morgan fingerprint density at radius 1 is 1.52 bits per heavy atom. The summed E-state index contributed by atoms with van der Waals surface area (Å²) >= 11 is 1.56. The Morgan fingerprint density at radius 2 is 2.29 bits per heavy atom. The zero-order valence-electron chi connectivity index (χ0n) is 12.7. The summed E-state index contributed by atoms with van der Waals surface area (Å²) in [5, 5.41) is 4.81.